The van der Waals surface area contributed by atoms with Crippen molar-refractivity contribution in [3.8, 4) is 11.4 Å². The second kappa shape index (κ2) is 5.34. The van der Waals surface area contributed by atoms with Gasteiger partial charge in [0.25, 0.3) is 0 Å². The van der Waals surface area contributed by atoms with Crippen LogP contribution in [0.25, 0.3) is 11.4 Å². The maximum Gasteiger partial charge on any atom is 0.161 e. The van der Waals surface area contributed by atoms with E-state index in [0.717, 1.165) is 23.5 Å². The van der Waals surface area contributed by atoms with Crippen molar-refractivity contribution in [1.29, 1.82) is 0 Å². The van der Waals surface area contributed by atoms with Crippen molar-refractivity contribution in [2.75, 3.05) is 12.4 Å². The Morgan fingerprint density at radius 1 is 1.21 bits per heavy atom. The van der Waals surface area contributed by atoms with Crippen LogP contribution in [0.5, 0.6) is 0 Å². The van der Waals surface area contributed by atoms with Gasteiger partial charge in [-0.1, -0.05) is 19.1 Å². The molecule has 0 saturated carbocycles. The summed E-state index contributed by atoms with van der Waals surface area (Å²) in [6, 6.07) is 5.08. The highest BCUT2D eigenvalue weighted by Gasteiger charge is 2.11. The van der Waals surface area contributed by atoms with E-state index in [2.05, 4.69) is 15.3 Å². The van der Waals surface area contributed by atoms with E-state index in [1.807, 2.05) is 27.0 Å². The highest BCUT2D eigenvalue weighted by Crippen LogP contribution is 2.23. The topological polar surface area (TPSA) is 37.8 Å². The van der Waals surface area contributed by atoms with Crippen LogP contribution in [0.15, 0.2) is 18.2 Å². The normalized spacial score (nSPS) is 10.6. The summed E-state index contributed by atoms with van der Waals surface area (Å²) in [6.45, 7) is 5.78. The van der Waals surface area contributed by atoms with Gasteiger partial charge in [-0.2, -0.15) is 0 Å². The van der Waals surface area contributed by atoms with E-state index in [0.29, 0.717) is 17.0 Å². The van der Waals surface area contributed by atoms with Gasteiger partial charge in [-0.25, -0.2) is 14.4 Å². The lowest BCUT2D eigenvalue weighted by Gasteiger charge is -2.11. The number of hydrogen-bond donors (Lipinski definition) is 1. The van der Waals surface area contributed by atoms with Crippen molar-refractivity contribution >= 4 is 5.82 Å². The molecule has 2 aromatic rings. The van der Waals surface area contributed by atoms with Crippen LogP contribution in [0.1, 0.15) is 23.7 Å². The summed E-state index contributed by atoms with van der Waals surface area (Å²) in [4.78, 5) is 8.97. The molecule has 0 radical (unpaired) electrons. The average molecular weight is 259 g/mol. The molecule has 0 bridgehead atoms. The summed E-state index contributed by atoms with van der Waals surface area (Å²) in [7, 11) is 1.83. The highest BCUT2D eigenvalue weighted by molar-refractivity contribution is 5.60. The fraction of sp³-hybridized carbons (Fsp3) is 0.333. The zero-order chi connectivity index (χ0) is 14.0. The number of benzene rings is 1. The lowest BCUT2D eigenvalue weighted by Crippen LogP contribution is -2.04. The monoisotopic (exact) mass is 259 g/mol. The predicted molar refractivity (Wildman–Crippen MR) is 75.8 cm³/mol. The first-order valence-corrected chi connectivity index (χ1v) is 6.38. The zero-order valence-electron chi connectivity index (χ0n) is 11.7. The summed E-state index contributed by atoms with van der Waals surface area (Å²) in [5, 5.41) is 3.06. The van der Waals surface area contributed by atoms with E-state index in [1.165, 1.54) is 6.07 Å². The minimum atomic E-state index is -0.231. The number of aryl methyl sites for hydroxylation is 2. The molecule has 0 unspecified atom stereocenters. The Morgan fingerprint density at radius 3 is 2.53 bits per heavy atom. The molecule has 1 aromatic carbocycles. The molecule has 1 aromatic heterocycles. The van der Waals surface area contributed by atoms with Crippen LogP contribution in [-0.2, 0) is 6.42 Å². The molecule has 0 aliphatic heterocycles. The maximum absolute atomic E-state index is 13.6. The van der Waals surface area contributed by atoms with Gasteiger partial charge in [0.05, 0.1) is 0 Å². The molecule has 0 fully saturated rings. The van der Waals surface area contributed by atoms with Crippen LogP contribution in [-0.4, -0.2) is 17.0 Å². The van der Waals surface area contributed by atoms with Gasteiger partial charge in [0.2, 0.25) is 0 Å². The van der Waals surface area contributed by atoms with Gasteiger partial charge in [-0.05, 0) is 31.9 Å². The molecule has 100 valence electrons. The number of rotatable bonds is 3. The second-order valence-electron chi connectivity index (χ2n) is 4.54. The summed E-state index contributed by atoms with van der Waals surface area (Å²) in [5.74, 6) is 1.12. The molecule has 2 rings (SSSR count). The standard InChI is InChI=1S/C15H18FN3/c1-5-13-10(3)14(17-4)19-15(18-13)11-7-6-9(2)12(16)8-11/h6-8H,5H2,1-4H3,(H,17,18,19). The van der Waals surface area contributed by atoms with Gasteiger partial charge in [0, 0.05) is 23.9 Å². The van der Waals surface area contributed by atoms with Gasteiger partial charge in [0.1, 0.15) is 11.6 Å². The molecule has 1 heterocycles. The molecule has 19 heavy (non-hydrogen) atoms. The third-order valence-corrected chi connectivity index (χ3v) is 3.25. The molecule has 0 atom stereocenters. The largest absolute Gasteiger partial charge is 0.373 e. The summed E-state index contributed by atoms with van der Waals surface area (Å²) >= 11 is 0. The van der Waals surface area contributed by atoms with E-state index in [-0.39, 0.29) is 5.82 Å². The van der Waals surface area contributed by atoms with E-state index in [4.69, 9.17) is 0 Å². The fourth-order valence-corrected chi connectivity index (χ4v) is 2.01. The minimum Gasteiger partial charge on any atom is -0.373 e. The molecular weight excluding hydrogens is 241 g/mol. The van der Waals surface area contributed by atoms with Gasteiger partial charge in [-0.3, -0.25) is 0 Å². The number of nitrogens with zero attached hydrogens (tertiary/aromatic N) is 2. The molecule has 0 aliphatic rings. The Labute approximate surface area is 112 Å². The molecular formula is C15H18FN3. The van der Waals surface area contributed by atoms with Gasteiger partial charge in [-0.15, -0.1) is 0 Å². The van der Waals surface area contributed by atoms with Crippen LogP contribution in [0.4, 0.5) is 10.2 Å². The molecule has 0 aliphatic carbocycles. The smallest absolute Gasteiger partial charge is 0.161 e. The predicted octanol–water partition coefficient (Wildman–Crippen LogP) is 3.50. The third kappa shape index (κ3) is 2.57. The number of hydrogen-bond acceptors (Lipinski definition) is 3. The van der Waals surface area contributed by atoms with Crippen LogP contribution in [0, 0.1) is 19.7 Å². The second-order valence-corrected chi connectivity index (χ2v) is 4.54. The van der Waals surface area contributed by atoms with Crippen LogP contribution >= 0.6 is 0 Å². The number of aromatic nitrogens is 2. The Balaban J connectivity index is 2.58. The molecule has 1 N–H and O–H groups in total. The first-order valence-electron chi connectivity index (χ1n) is 6.38. The van der Waals surface area contributed by atoms with E-state index < -0.39 is 0 Å². The van der Waals surface area contributed by atoms with Crippen LogP contribution in [0.2, 0.25) is 0 Å². The van der Waals surface area contributed by atoms with E-state index in [1.54, 1.807) is 13.0 Å². The summed E-state index contributed by atoms with van der Waals surface area (Å²) < 4.78 is 13.6. The summed E-state index contributed by atoms with van der Waals surface area (Å²) in [6.07, 6.45) is 0.824. The van der Waals surface area contributed by atoms with Crippen molar-refractivity contribution in [2.45, 2.75) is 27.2 Å². The molecule has 0 amide bonds. The van der Waals surface area contributed by atoms with Crippen molar-refractivity contribution < 1.29 is 4.39 Å². The first kappa shape index (κ1) is 13.5. The minimum absolute atomic E-state index is 0.231. The Bertz CT molecular complexity index is 583. The lowest BCUT2D eigenvalue weighted by molar-refractivity contribution is 0.619. The van der Waals surface area contributed by atoms with E-state index >= 15 is 0 Å². The lowest BCUT2D eigenvalue weighted by atomic mass is 10.1. The van der Waals surface area contributed by atoms with Gasteiger partial charge >= 0.3 is 0 Å². The Kier molecular flexibility index (Phi) is 3.79. The molecule has 0 spiro atoms. The van der Waals surface area contributed by atoms with Crippen molar-refractivity contribution in [3.63, 3.8) is 0 Å². The molecule has 3 nitrogen and oxygen atoms in total. The van der Waals surface area contributed by atoms with E-state index in [9.17, 15) is 4.39 Å². The van der Waals surface area contributed by atoms with Crippen LogP contribution in [0.3, 0.4) is 0 Å². The van der Waals surface area contributed by atoms with Crippen LogP contribution < -0.4 is 5.32 Å². The zero-order valence-corrected chi connectivity index (χ0v) is 11.7. The SMILES string of the molecule is CCc1nc(-c2ccc(C)c(F)c2)nc(NC)c1C. The fourth-order valence-electron chi connectivity index (χ4n) is 2.01. The number of halogens is 1. The Hall–Kier alpha value is -1.97. The maximum atomic E-state index is 13.6. The van der Waals surface area contributed by atoms with Crippen molar-refractivity contribution in [1.82, 2.24) is 9.97 Å². The number of nitrogens with one attached hydrogen (secondary N) is 1. The first-order chi connectivity index (χ1) is 9.06. The quantitative estimate of drug-likeness (QED) is 0.916. The van der Waals surface area contributed by atoms with Gasteiger partial charge in [0.15, 0.2) is 5.82 Å². The number of anilines is 1. The van der Waals surface area contributed by atoms with Gasteiger partial charge < -0.3 is 5.32 Å². The molecule has 4 heteroatoms. The Morgan fingerprint density at radius 2 is 1.95 bits per heavy atom. The highest BCUT2D eigenvalue weighted by atomic mass is 19.1. The third-order valence-electron chi connectivity index (χ3n) is 3.25. The summed E-state index contributed by atoms with van der Waals surface area (Å²) in [5.41, 5.74) is 3.35. The van der Waals surface area contributed by atoms with Crippen molar-refractivity contribution in [2.24, 2.45) is 0 Å². The average Bonchev–Trinajstić information content (AvgIpc) is 2.42. The van der Waals surface area contributed by atoms with Crippen molar-refractivity contribution in [3.05, 3.63) is 40.8 Å². The molecule has 0 saturated heterocycles.